The summed E-state index contributed by atoms with van der Waals surface area (Å²) in [6, 6.07) is 9.93. The van der Waals surface area contributed by atoms with Gasteiger partial charge in [0.25, 0.3) is 5.91 Å². The van der Waals surface area contributed by atoms with Crippen LogP contribution in [0.5, 0.6) is 5.75 Å². The Morgan fingerprint density at radius 3 is 2.74 bits per heavy atom. The molecule has 19 heavy (non-hydrogen) atoms. The van der Waals surface area contributed by atoms with Gasteiger partial charge in [0.05, 0.1) is 0 Å². The van der Waals surface area contributed by atoms with Crippen LogP contribution in [0.1, 0.15) is 10.5 Å². The lowest BCUT2D eigenvalue weighted by molar-refractivity contribution is 0.0995. The van der Waals surface area contributed by atoms with Crippen molar-refractivity contribution in [1.82, 2.24) is 4.98 Å². The number of phenols is 1. The molecular formula is C14H10N2O3. The summed E-state index contributed by atoms with van der Waals surface area (Å²) in [5.74, 6) is 0.229. The molecule has 0 aliphatic carbocycles. The number of aromatic nitrogens is 1. The summed E-state index contributed by atoms with van der Waals surface area (Å²) in [7, 11) is 0. The molecule has 0 radical (unpaired) electrons. The number of nitrogens with two attached hydrogens (primary N) is 1. The SMILES string of the molecule is NC(=O)c1ccc(-c2cc3cc(O)ccc3o2)cn1. The van der Waals surface area contributed by atoms with Crippen molar-refractivity contribution >= 4 is 16.9 Å². The Morgan fingerprint density at radius 1 is 1.21 bits per heavy atom. The number of carbonyl (C=O) groups is 1. The Kier molecular flexibility index (Phi) is 2.45. The molecule has 1 aromatic carbocycles. The fourth-order valence-electron chi connectivity index (χ4n) is 1.86. The lowest BCUT2D eigenvalue weighted by Gasteiger charge is -1.97. The van der Waals surface area contributed by atoms with E-state index in [4.69, 9.17) is 10.2 Å². The predicted octanol–water partition coefficient (Wildman–Crippen LogP) is 2.30. The molecule has 0 unspecified atom stereocenters. The highest BCUT2D eigenvalue weighted by Crippen LogP contribution is 2.29. The molecular weight excluding hydrogens is 244 g/mol. The smallest absolute Gasteiger partial charge is 0.267 e. The molecule has 0 bridgehead atoms. The highest BCUT2D eigenvalue weighted by molar-refractivity contribution is 5.91. The third kappa shape index (κ3) is 2.01. The van der Waals surface area contributed by atoms with Crippen LogP contribution in [-0.2, 0) is 0 Å². The number of amides is 1. The van der Waals surface area contributed by atoms with Crippen LogP contribution < -0.4 is 5.73 Å². The molecule has 0 spiro atoms. The maximum absolute atomic E-state index is 10.9. The molecule has 2 heterocycles. The first-order valence-electron chi connectivity index (χ1n) is 5.62. The van der Waals surface area contributed by atoms with E-state index in [-0.39, 0.29) is 11.4 Å². The van der Waals surface area contributed by atoms with E-state index in [1.165, 1.54) is 6.20 Å². The first-order chi connectivity index (χ1) is 9.13. The third-order valence-corrected chi connectivity index (χ3v) is 2.80. The number of furan rings is 1. The minimum Gasteiger partial charge on any atom is -0.508 e. The number of nitrogens with zero attached hydrogens (tertiary/aromatic N) is 1. The van der Waals surface area contributed by atoms with Gasteiger partial charge in [-0.15, -0.1) is 0 Å². The van der Waals surface area contributed by atoms with Crippen molar-refractivity contribution in [2.75, 3.05) is 0 Å². The molecule has 1 amide bonds. The van der Waals surface area contributed by atoms with Crippen molar-refractivity contribution in [3.63, 3.8) is 0 Å². The van der Waals surface area contributed by atoms with Gasteiger partial charge in [-0.2, -0.15) is 0 Å². The van der Waals surface area contributed by atoms with E-state index >= 15 is 0 Å². The average Bonchev–Trinajstić information content (AvgIpc) is 2.81. The first-order valence-corrected chi connectivity index (χ1v) is 5.62. The topological polar surface area (TPSA) is 89.4 Å². The highest BCUT2D eigenvalue weighted by atomic mass is 16.3. The minimum atomic E-state index is -0.568. The van der Waals surface area contributed by atoms with Crippen LogP contribution in [0.15, 0.2) is 47.0 Å². The summed E-state index contributed by atoms with van der Waals surface area (Å²) in [5.41, 5.74) is 6.74. The quantitative estimate of drug-likeness (QED) is 0.734. The Balaban J connectivity index is 2.06. The van der Waals surface area contributed by atoms with Gasteiger partial charge in [-0.05, 0) is 36.4 Å². The number of pyridine rings is 1. The van der Waals surface area contributed by atoms with Gasteiger partial charge in [-0.1, -0.05) is 0 Å². The minimum absolute atomic E-state index is 0.182. The van der Waals surface area contributed by atoms with Crippen LogP contribution in [0.25, 0.3) is 22.3 Å². The van der Waals surface area contributed by atoms with Crippen LogP contribution in [-0.4, -0.2) is 16.0 Å². The van der Waals surface area contributed by atoms with Gasteiger partial charge < -0.3 is 15.3 Å². The largest absolute Gasteiger partial charge is 0.508 e. The van der Waals surface area contributed by atoms with Crippen LogP contribution >= 0.6 is 0 Å². The molecule has 0 fully saturated rings. The number of carbonyl (C=O) groups excluding carboxylic acids is 1. The summed E-state index contributed by atoms with van der Waals surface area (Å²) in [6.07, 6.45) is 1.53. The maximum atomic E-state index is 10.9. The Bertz CT molecular complexity index is 760. The van der Waals surface area contributed by atoms with Gasteiger partial charge in [-0.25, -0.2) is 0 Å². The van der Waals surface area contributed by atoms with Gasteiger partial charge in [0.1, 0.15) is 22.8 Å². The molecule has 0 aliphatic rings. The molecule has 5 nitrogen and oxygen atoms in total. The fraction of sp³-hybridized carbons (Fsp3) is 0. The summed E-state index contributed by atoms with van der Waals surface area (Å²) in [4.78, 5) is 14.9. The maximum Gasteiger partial charge on any atom is 0.267 e. The van der Waals surface area contributed by atoms with E-state index < -0.39 is 5.91 Å². The second-order valence-electron chi connectivity index (χ2n) is 4.13. The van der Waals surface area contributed by atoms with Crippen molar-refractivity contribution in [2.45, 2.75) is 0 Å². The van der Waals surface area contributed by atoms with Crippen molar-refractivity contribution in [3.05, 3.63) is 48.3 Å². The standard InChI is InChI=1S/C14H10N2O3/c15-14(18)11-3-1-8(7-16-11)13-6-9-5-10(17)2-4-12(9)19-13/h1-7,17H,(H2,15,18). The number of aromatic hydroxyl groups is 1. The second-order valence-corrected chi connectivity index (χ2v) is 4.13. The normalized spacial score (nSPS) is 10.7. The zero-order valence-electron chi connectivity index (χ0n) is 9.83. The molecule has 3 aromatic rings. The van der Waals surface area contributed by atoms with Crippen LogP contribution in [0, 0.1) is 0 Å². The summed E-state index contributed by atoms with van der Waals surface area (Å²) in [5, 5.41) is 10.2. The molecule has 0 saturated heterocycles. The number of rotatable bonds is 2. The Labute approximate surface area is 108 Å². The summed E-state index contributed by atoms with van der Waals surface area (Å²) in [6.45, 7) is 0. The van der Waals surface area contributed by atoms with Gasteiger partial charge in [-0.3, -0.25) is 9.78 Å². The number of phenolic OH excluding ortho intramolecular Hbond substituents is 1. The molecule has 94 valence electrons. The zero-order valence-corrected chi connectivity index (χ0v) is 9.83. The molecule has 2 aromatic heterocycles. The van der Waals surface area contributed by atoms with Crippen molar-refractivity contribution in [3.8, 4) is 17.1 Å². The van der Waals surface area contributed by atoms with Gasteiger partial charge in [0.2, 0.25) is 0 Å². The monoisotopic (exact) mass is 254 g/mol. The van der Waals surface area contributed by atoms with E-state index in [9.17, 15) is 9.90 Å². The lowest BCUT2D eigenvalue weighted by atomic mass is 10.2. The van der Waals surface area contributed by atoms with E-state index in [0.29, 0.717) is 11.3 Å². The van der Waals surface area contributed by atoms with Crippen molar-refractivity contribution in [2.24, 2.45) is 5.73 Å². The molecule has 3 rings (SSSR count). The van der Waals surface area contributed by atoms with Crippen molar-refractivity contribution in [1.29, 1.82) is 0 Å². The molecule has 0 saturated carbocycles. The van der Waals surface area contributed by atoms with Crippen LogP contribution in [0.4, 0.5) is 0 Å². The summed E-state index contributed by atoms with van der Waals surface area (Å²) < 4.78 is 5.64. The van der Waals surface area contributed by atoms with Gasteiger partial charge >= 0.3 is 0 Å². The molecule has 3 N–H and O–H groups in total. The zero-order chi connectivity index (χ0) is 13.4. The van der Waals surface area contributed by atoms with E-state index in [1.54, 1.807) is 36.4 Å². The number of benzene rings is 1. The average molecular weight is 254 g/mol. The van der Waals surface area contributed by atoms with E-state index in [0.717, 1.165) is 10.9 Å². The fourth-order valence-corrected chi connectivity index (χ4v) is 1.86. The predicted molar refractivity (Wildman–Crippen MR) is 69.6 cm³/mol. The highest BCUT2D eigenvalue weighted by Gasteiger charge is 2.08. The van der Waals surface area contributed by atoms with E-state index in [2.05, 4.69) is 4.98 Å². The number of fused-ring (bicyclic) bond motifs is 1. The van der Waals surface area contributed by atoms with Gasteiger partial charge in [0, 0.05) is 17.1 Å². The van der Waals surface area contributed by atoms with E-state index in [1.807, 2.05) is 0 Å². The molecule has 5 heteroatoms. The molecule has 0 atom stereocenters. The second kappa shape index (κ2) is 4.13. The molecule has 0 aliphatic heterocycles. The third-order valence-electron chi connectivity index (χ3n) is 2.80. The summed E-state index contributed by atoms with van der Waals surface area (Å²) >= 11 is 0. The number of hydrogen-bond acceptors (Lipinski definition) is 4. The Morgan fingerprint density at radius 2 is 2.05 bits per heavy atom. The number of primary amides is 1. The van der Waals surface area contributed by atoms with Crippen molar-refractivity contribution < 1.29 is 14.3 Å². The number of hydrogen-bond donors (Lipinski definition) is 2. The lowest BCUT2D eigenvalue weighted by Crippen LogP contribution is -2.12. The van der Waals surface area contributed by atoms with Crippen LogP contribution in [0.2, 0.25) is 0 Å². The van der Waals surface area contributed by atoms with Gasteiger partial charge in [0.15, 0.2) is 0 Å². The first kappa shape index (κ1) is 11.3. The van der Waals surface area contributed by atoms with Crippen LogP contribution in [0.3, 0.4) is 0 Å². The Hall–Kier alpha value is -2.82.